The lowest BCUT2D eigenvalue weighted by Crippen LogP contribution is -2.33. The molecule has 0 atom stereocenters. The average Bonchev–Trinajstić information content (AvgIpc) is 3.39. The number of hydrogen-bond acceptors (Lipinski definition) is 6. The minimum absolute atomic E-state index is 0.0146. The molecule has 0 fully saturated rings. The molecule has 1 N–H and O–H groups in total. The minimum Gasteiger partial charge on any atom is -0.453 e. The van der Waals surface area contributed by atoms with E-state index in [1.807, 2.05) is 50.1 Å². The summed E-state index contributed by atoms with van der Waals surface area (Å²) in [6.07, 6.45) is 2.93. The molecule has 0 saturated carbocycles. The highest BCUT2D eigenvalue weighted by Crippen LogP contribution is 2.38. The number of anilines is 2. The molecule has 0 spiro atoms. The topological polar surface area (TPSA) is 87.1 Å². The van der Waals surface area contributed by atoms with Gasteiger partial charge in [0.05, 0.1) is 27.1 Å². The van der Waals surface area contributed by atoms with Crippen LogP contribution in [0.5, 0.6) is 11.5 Å². The number of aromatic nitrogens is 1. The fourth-order valence-electron chi connectivity index (χ4n) is 3.78. The summed E-state index contributed by atoms with van der Waals surface area (Å²) < 4.78 is 21.6. The van der Waals surface area contributed by atoms with Crippen molar-refractivity contribution in [2.24, 2.45) is 4.99 Å². The third kappa shape index (κ3) is 6.89. The van der Waals surface area contributed by atoms with Crippen LogP contribution < -0.4 is 15.0 Å². The molecular weight excluding hydrogens is 529 g/mol. The van der Waals surface area contributed by atoms with Crippen molar-refractivity contribution in [1.82, 2.24) is 9.88 Å². The van der Waals surface area contributed by atoms with Gasteiger partial charge in [-0.25, -0.2) is 9.38 Å². The third-order valence-corrected chi connectivity index (χ3v) is 7.19. The lowest BCUT2D eigenvalue weighted by Gasteiger charge is -2.20. The van der Waals surface area contributed by atoms with Gasteiger partial charge in [-0.05, 0) is 44.2 Å². The Morgan fingerprint density at radius 1 is 1.10 bits per heavy atom. The Morgan fingerprint density at radius 2 is 1.88 bits per heavy atom. The summed E-state index contributed by atoms with van der Waals surface area (Å²) in [6.45, 7) is 9.13. The van der Waals surface area contributed by atoms with E-state index in [9.17, 15) is 14.0 Å². The van der Waals surface area contributed by atoms with Crippen molar-refractivity contribution >= 4 is 56.8 Å². The maximum Gasteiger partial charge on any atom is 0.236 e. The van der Waals surface area contributed by atoms with Gasteiger partial charge in [0.2, 0.25) is 11.8 Å². The standard InChI is InChI=1S/C30H30FN5O3S/c1-5-35(4)19-33-20(3)27-17-24-30(40-27)26(14-15-32-24)39-25-13-12-21(16-23(25)31)34-28(37)18-29(38)36(6-2)22-10-8-7-9-11-22/h7-17,19H,3,5-6,18H2,1-2,4H3,(H,34,37)/b33-19-. The van der Waals surface area contributed by atoms with E-state index in [0.29, 0.717) is 29.2 Å². The zero-order chi connectivity index (χ0) is 28.6. The van der Waals surface area contributed by atoms with E-state index in [1.54, 1.807) is 30.7 Å². The largest absolute Gasteiger partial charge is 0.453 e. The summed E-state index contributed by atoms with van der Waals surface area (Å²) in [5, 5.41) is 2.59. The first-order valence-corrected chi connectivity index (χ1v) is 13.6. The van der Waals surface area contributed by atoms with E-state index in [4.69, 9.17) is 4.74 Å². The maximum absolute atomic E-state index is 15.0. The molecule has 0 aliphatic carbocycles. The molecule has 10 heteroatoms. The predicted octanol–water partition coefficient (Wildman–Crippen LogP) is 6.56. The quantitative estimate of drug-likeness (QED) is 0.128. The van der Waals surface area contributed by atoms with Gasteiger partial charge < -0.3 is 19.9 Å². The van der Waals surface area contributed by atoms with Gasteiger partial charge in [0.15, 0.2) is 11.6 Å². The van der Waals surface area contributed by atoms with Gasteiger partial charge in [-0.2, -0.15) is 0 Å². The Balaban J connectivity index is 1.44. The second-order valence-corrected chi connectivity index (χ2v) is 9.90. The molecule has 4 rings (SSSR count). The number of amides is 2. The highest BCUT2D eigenvalue weighted by Gasteiger charge is 2.18. The SMILES string of the molecule is C=C(/N=C\N(C)CC)c1cc2nccc(Oc3ccc(NC(=O)CC(=O)N(CC)c4ccccc4)cc3F)c2s1. The van der Waals surface area contributed by atoms with Crippen LogP contribution in [0.4, 0.5) is 15.8 Å². The van der Waals surface area contributed by atoms with E-state index >= 15 is 0 Å². The molecule has 40 heavy (non-hydrogen) atoms. The fraction of sp³-hybridized carbons (Fsp3) is 0.200. The molecule has 2 heterocycles. The third-order valence-electron chi connectivity index (χ3n) is 6.00. The second-order valence-electron chi connectivity index (χ2n) is 8.84. The minimum atomic E-state index is -0.665. The van der Waals surface area contributed by atoms with Crippen molar-refractivity contribution in [1.29, 1.82) is 0 Å². The van der Waals surface area contributed by atoms with Crippen LogP contribution in [0.25, 0.3) is 15.9 Å². The molecule has 0 saturated heterocycles. The van der Waals surface area contributed by atoms with Crippen LogP contribution in [-0.4, -0.2) is 48.2 Å². The molecule has 0 unspecified atom stereocenters. The van der Waals surface area contributed by atoms with Crippen LogP contribution in [-0.2, 0) is 9.59 Å². The van der Waals surface area contributed by atoms with Crippen molar-refractivity contribution < 1.29 is 18.7 Å². The number of ether oxygens (including phenoxy) is 1. The zero-order valence-corrected chi connectivity index (χ0v) is 23.4. The molecule has 206 valence electrons. The first-order chi connectivity index (χ1) is 19.3. The van der Waals surface area contributed by atoms with Gasteiger partial charge in [0, 0.05) is 49.8 Å². The van der Waals surface area contributed by atoms with Crippen molar-refractivity contribution in [2.45, 2.75) is 20.3 Å². The second kappa shape index (κ2) is 13.0. The van der Waals surface area contributed by atoms with Gasteiger partial charge in [-0.3, -0.25) is 14.6 Å². The zero-order valence-electron chi connectivity index (χ0n) is 22.6. The van der Waals surface area contributed by atoms with Crippen LogP contribution in [0.15, 0.2) is 78.4 Å². The Labute approximate surface area is 236 Å². The number of rotatable bonds is 11. The lowest BCUT2D eigenvalue weighted by atomic mass is 10.2. The summed E-state index contributed by atoms with van der Waals surface area (Å²) in [5.74, 6) is -1.14. The van der Waals surface area contributed by atoms with Gasteiger partial charge in [-0.15, -0.1) is 11.3 Å². The van der Waals surface area contributed by atoms with Crippen LogP contribution >= 0.6 is 11.3 Å². The smallest absolute Gasteiger partial charge is 0.236 e. The molecular formula is C30H30FN5O3S. The van der Waals surface area contributed by atoms with Crippen LogP contribution in [0.3, 0.4) is 0 Å². The van der Waals surface area contributed by atoms with Crippen molar-refractivity contribution in [3.8, 4) is 11.5 Å². The Morgan fingerprint density at radius 3 is 2.58 bits per heavy atom. The Kier molecular flexibility index (Phi) is 9.23. The van der Waals surface area contributed by atoms with Gasteiger partial charge in [0.25, 0.3) is 0 Å². The molecule has 0 radical (unpaired) electrons. The summed E-state index contributed by atoms with van der Waals surface area (Å²) in [4.78, 5) is 38.3. The lowest BCUT2D eigenvalue weighted by molar-refractivity contribution is -0.125. The van der Waals surface area contributed by atoms with Crippen molar-refractivity contribution in [2.75, 3.05) is 30.4 Å². The van der Waals surface area contributed by atoms with E-state index in [0.717, 1.165) is 22.2 Å². The number of pyridine rings is 1. The predicted molar refractivity (Wildman–Crippen MR) is 160 cm³/mol. The molecule has 0 aliphatic rings. The number of nitrogens with one attached hydrogen (secondary N) is 1. The monoisotopic (exact) mass is 559 g/mol. The number of nitrogens with zero attached hydrogens (tertiary/aromatic N) is 4. The van der Waals surface area contributed by atoms with Crippen LogP contribution in [0.1, 0.15) is 25.1 Å². The summed E-state index contributed by atoms with van der Waals surface area (Å²) in [7, 11) is 1.92. The summed E-state index contributed by atoms with van der Waals surface area (Å²) in [5.41, 5.74) is 2.20. The number of carbonyl (C=O) groups excluding carboxylic acids is 2. The summed E-state index contributed by atoms with van der Waals surface area (Å²) in [6, 6.07) is 16.7. The normalized spacial score (nSPS) is 11.0. The number of halogens is 1. The fourth-order valence-corrected chi connectivity index (χ4v) is 4.77. The van der Waals surface area contributed by atoms with Crippen molar-refractivity contribution in [3.63, 3.8) is 0 Å². The van der Waals surface area contributed by atoms with E-state index in [-0.39, 0.29) is 23.8 Å². The molecule has 8 nitrogen and oxygen atoms in total. The molecule has 2 amide bonds. The molecule has 2 aromatic carbocycles. The average molecular weight is 560 g/mol. The first kappa shape index (κ1) is 28.4. The Hall–Kier alpha value is -4.57. The first-order valence-electron chi connectivity index (χ1n) is 12.7. The molecule has 0 aliphatic heterocycles. The number of aliphatic imine (C=N–C) groups is 1. The van der Waals surface area contributed by atoms with E-state index < -0.39 is 11.7 Å². The summed E-state index contributed by atoms with van der Waals surface area (Å²) >= 11 is 1.40. The highest BCUT2D eigenvalue weighted by atomic mass is 32.1. The van der Waals surface area contributed by atoms with Crippen LogP contribution in [0.2, 0.25) is 0 Å². The number of fused-ring (bicyclic) bond motifs is 1. The highest BCUT2D eigenvalue weighted by molar-refractivity contribution is 7.20. The number of benzene rings is 2. The van der Waals surface area contributed by atoms with E-state index in [1.165, 1.54) is 28.4 Å². The molecule has 2 aromatic heterocycles. The maximum atomic E-state index is 15.0. The van der Waals surface area contributed by atoms with Gasteiger partial charge in [0.1, 0.15) is 12.2 Å². The number of thiophene rings is 1. The van der Waals surface area contributed by atoms with Gasteiger partial charge in [-0.1, -0.05) is 24.8 Å². The van der Waals surface area contributed by atoms with Gasteiger partial charge >= 0.3 is 0 Å². The number of carbonyl (C=O) groups is 2. The molecule has 0 bridgehead atoms. The Bertz CT molecular complexity index is 1550. The number of para-hydroxylation sites is 1. The van der Waals surface area contributed by atoms with Crippen molar-refractivity contribution in [3.05, 3.63) is 84.1 Å². The number of hydrogen-bond donors (Lipinski definition) is 1. The molecule has 4 aromatic rings. The van der Waals surface area contributed by atoms with E-state index in [2.05, 4.69) is 21.9 Å². The van der Waals surface area contributed by atoms with Crippen LogP contribution in [0, 0.1) is 5.82 Å².